The van der Waals surface area contributed by atoms with E-state index in [1.165, 1.54) is 0 Å². The summed E-state index contributed by atoms with van der Waals surface area (Å²) < 4.78 is 5.48. The summed E-state index contributed by atoms with van der Waals surface area (Å²) in [4.78, 5) is 26.3. The Morgan fingerprint density at radius 1 is 1.04 bits per heavy atom. The Morgan fingerprint density at radius 2 is 1.69 bits per heavy atom. The van der Waals surface area contributed by atoms with E-state index in [0.29, 0.717) is 32.5 Å². The minimum Gasteiger partial charge on any atom is -0.461 e. The molecule has 1 saturated heterocycles. The number of nitrogens with zero attached hydrogens (tertiary/aromatic N) is 1. The summed E-state index contributed by atoms with van der Waals surface area (Å²) in [6.07, 6.45) is 1.27. The number of hydrogen-bond donors (Lipinski definition) is 1. The predicted octanol–water partition coefficient (Wildman–Crippen LogP) is 3.98. The van der Waals surface area contributed by atoms with Crippen molar-refractivity contribution in [2.75, 3.05) is 18.4 Å². The molecule has 0 unspecified atom stereocenters. The predicted molar refractivity (Wildman–Crippen MR) is 101 cm³/mol. The highest BCUT2D eigenvalue weighted by Gasteiger charge is 2.28. The van der Waals surface area contributed by atoms with Crippen LogP contribution in [0.15, 0.2) is 54.6 Å². The number of carbonyl (C=O) groups excluding carboxylic acids is 2. The van der Waals surface area contributed by atoms with E-state index >= 15 is 0 Å². The molecule has 0 aromatic heterocycles. The monoisotopic (exact) mass is 352 g/mol. The van der Waals surface area contributed by atoms with Gasteiger partial charge in [0.05, 0.1) is 5.92 Å². The van der Waals surface area contributed by atoms with Crippen molar-refractivity contribution >= 4 is 17.7 Å². The number of likely N-dealkylation sites (tertiary alicyclic amines) is 1. The number of para-hydroxylation sites is 1. The molecule has 1 N–H and O–H groups in total. The lowest BCUT2D eigenvalue weighted by molar-refractivity contribution is -0.151. The first kappa shape index (κ1) is 18.0. The Balaban J connectivity index is 1.45. The highest BCUT2D eigenvalue weighted by molar-refractivity contribution is 5.89. The van der Waals surface area contributed by atoms with Gasteiger partial charge in [-0.05, 0) is 43.0 Å². The maximum Gasteiger partial charge on any atom is 0.321 e. The van der Waals surface area contributed by atoms with E-state index in [4.69, 9.17) is 4.74 Å². The third kappa shape index (κ3) is 4.63. The molecule has 0 saturated carbocycles. The second-order valence-electron chi connectivity index (χ2n) is 6.59. The zero-order chi connectivity index (χ0) is 18.4. The van der Waals surface area contributed by atoms with Crippen LogP contribution in [0.2, 0.25) is 0 Å². The van der Waals surface area contributed by atoms with Crippen LogP contribution in [-0.4, -0.2) is 30.0 Å². The van der Waals surface area contributed by atoms with Crippen LogP contribution in [0, 0.1) is 12.8 Å². The first-order valence-electron chi connectivity index (χ1n) is 8.95. The number of rotatable bonds is 4. The van der Waals surface area contributed by atoms with Crippen LogP contribution in [0.3, 0.4) is 0 Å². The van der Waals surface area contributed by atoms with Crippen LogP contribution in [-0.2, 0) is 16.1 Å². The highest BCUT2D eigenvalue weighted by Crippen LogP contribution is 2.20. The maximum absolute atomic E-state index is 12.3. The van der Waals surface area contributed by atoms with E-state index in [1.54, 1.807) is 4.90 Å². The van der Waals surface area contributed by atoms with Crippen LogP contribution in [0.1, 0.15) is 24.0 Å². The molecule has 5 heteroatoms. The van der Waals surface area contributed by atoms with Gasteiger partial charge in [-0.15, -0.1) is 0 Å². The summed E-state index contributed by atoms with van der Waals surface area (Å²) >= 11 is 0. The quantitative estimate of drug-likeness (QED) is 0.847. The Morgan fingerprint density at radius 3 is 2.38 bits per heavy atom. The Bertz CT molecular complexity index is 753. The topological polar surface area (TPSA) is 58.6 Å². The van der Waals surface area contributed by atoms with Gasteiger partial charge in [-0.1, -0.05) is 42.5 Å². The van der Waals surface area contributed by atoms with E-state index < -0.39 is 0 Å². The molecule has 0 radical (unpaired) electrons. The SMILES string of the molecule is Cc1ccccc1COC(=O)C1CCN(C(=O)Nc2ccccc2)CC1. The van der Waals surface area contributed by atoms with E-state index in [0.717, 1.165) is 16.8 Å². The smallest absolute Gasteiger partial charge is 0.321 e. The number of hydrogen-bond acceptors (Lipinski definition) is 3. The Hall–Kier alpha value is -2.82. The van der Waals surface area contributed by atoms with Crippen LogP contribution < -0.4 is 5.32 Å². The lowest BCUT2D eigenvalue weighted by Gasteiger charge is -2.31. The van der Waals surface area contributed by atoms with Crippen molar-refractivity contribution in [1.82, 2.24) is 4.90 Å². The van der Waals surface area contributed by atoms with E-state index in [-0.39, 0.29) is 17.9 Å². The summed E-state index contributed by atoms with van der Waals surface area (Å²) in [5.74, 6) is -0.309. The molecule has 1 aliphatic heterocycles. The molecular weight excluding hydrogens is 328 g/mol. The van der Waals surface area contributed by atoms with Crippen molar-refractivity contribution in [2.24, 2.45) is 5.92 Å². The van der Waals surface area contributed by atoms with E-state index in [2.05, 4.69) is 5.32 Å². The number of ether oxygens (including phenoxy) is 1. The van der Waals surface area contributed by atoms with Crippen molar-refractivity contribution in [3.63, 3.8) is 0 Å². The Labute approximate surface area is 154 Å². The molecule has 0 bridgehead atoms. The number of nitrogens with one attached hydrogen (secondary N) is 1. The largest absolute Gasteiger partial charge is 0.461 e. The molecule has 1 fully saturated rings. The summed E-state index contributed by atoms with van der Waals surface area (Å²) in [7, 11) is 0. The van der Waals surface area contributed by atoms with Gasteiger partial charge in [0.15, 0.2) is 0 Å². The number of benzene rings is 2. The average molecular weight is 352 g/mol. The van der Waals surface area contributed by atoms with Gasteiger partial charge >= 0.3 is 12.0 Å². The number of esters is 1. The minimum absolute atomic E-state index is 0.122. The van der Waals surface area contributed by atoms with Gasteiger partial charge in [0.2, 0.25) is 0 Å². The molecule has 2 amide bonds. The molecule has 1 aliphatic rings. The van der Waals surface area contributed by atoms with Gasteiger partial charge in [-0.2, -0.15) is 0 Å². The van der Waals surface area contributed by atoms with Crippen molar-refractivity contribution in [2.45, 2.75) is 26.4 Å². The molecule has 5 nitrogen and oxygen atoms in total. The van der Waals surface area contributed by atoms with Crippen molar-refractivity contribution < 1.29 is 14.3 Å². The van der Waals surface area contributed by atoms with Crippen LogP contribution in [0.4, 0.5) is 10.5 Å². The number of amides is 2. The first-order chi connectivity index (χ1) is 12.6. The van der Waals surface area contributed by atoms with Gasteiger partial charge in [0, 0.05) is 18.8 Å². The molecule has 3 rings (SSSR count). The molecule has 136 valence electrons. The van der Waals surface area contributed by atoms with Crippen LogP contribution in [0.25, 0.3) is 0 Å². The standard InChI is InChI=1S/C21H24N2O3/c1-16-7-5-6-8-18(16)15-26-20(24)17-11-13-23(14-12-17)21(25)22-19-9-3-2-4-10-19/h2-10,17H,11-15H2,1H3,(H,22,25). The third-order valence-corrected chi connectivity index (χ3v) is 4.77. The summed E-state index contributed by atoms with van der Waals surface area (Å²) in [5, 5.41) is 2.88. The van der Waals surface area contributed by atoms with Crippen LogP contribution in [0.5, 0.6) is 0 Å². The number of aryl methyl sites for hydroxylation is 1. The zero-order valence-electron chi connectivity index (χ0n) is 15.0. The third-order valence-electron chi connectivity index (χ3n) is 4.77. The number of anilines is 1. The number of piperidine rings is 1. The number of urea groups is 1. The summed E-state index contributed by atoms with van der Waals surface area (Å²) in [6, 6.07) is 17.1. The lowest BCUT2D eigenvalue weighted by Crippen LogP contribution is -2.42. The van der Waals surface area contributed by atoms with Crippen LogP contribution >= 0.6 is 0 Å². The van der Waals surface area contributed by atoms with Gasteiger partial charge in [-0.3, -0.25) is 4.79 Å². The van der Waals surface area contributed by atoms with E-state index in [9.17, 15) is 9.59 Å². The highest BCUT2D eigenvalue weighted by atomic mass is 16.5. The molecule has 26 heavy (non-hydrogen) atoms. The molecular formula is C21H24N2O3. The van der Waals surface area contributed by atoms with E-state index in [1.807, 2.05) is 61.5 Å². The van der Waals surface area contributed by atoms with Gasteiger partial charge in [0.1, 0.15) is 6.61 Å². The van der Waals surface area contributed by atoms with Crippen molar-refractivity contribution in [1.29, 1.82) is 0 Å². The summed E-state index contributed by atoms with van der Waals surface area (Å²) in [6.45, 7) is 3.43. The van der Waals surface area contributed by atoms with Gasteiger partial charge < -0.3 is 15.0 Å². The normalized spacial score (nSPS) is 14.7. The second kappa shape index (κ2) is 8.52. The van der Waals surface area contributed by atoms with Crippen molar-refractivity contribution in [3.05, 3.63) is 65.7 Å². The lowest BCUT2D eigenvalue weighted by atomic mass is 9.97. The first-order valence-corrected chi connectivity index (χ1v) is 8.95. The molecule has 0 aliphatic carbocycles. The van der Waals surface area contributed by atoms with Gasteiger partial charge in [0.25, 0.3) is 0 Å². The number of carbonyl (C=O) groups is 2. The summed E-state index contributed by atoms with van der Waals surface area (Å²) in [5.41, 5.74) is 2.92. The zero-order valence-corrected chi connectivity index (χ0v) is 15.0. The fraction of sp³-hybridized carbons (Fsp3) is 0.333. The molecule has 2 aromatic carbocycles. The Kier molecular flexibility index (Phi) is 5.89. The second-order valence-corrected chi connectivity index (χ2v) is 6.59. The minimum atomic E-state index is -0.170. The van der Waals surface area contributed by atoms with Gasteiger partial charge in [-0.25, -0.2) is 4.79 Å². The molecule has 0 spiro atoms. The molecule has 1 heterocycles. The molecule has 2 aromatic rings. The van der Waals surface area contributed by atoms with Crippen molar-refractivity contribution in [3.8, 4) is 0 Å². The fourth-order valence-electron chi connectivity index (χ4n) is 3.08. The fourth-order valence-corrected chi connectivity index (χ4v) is 3.08. The maximum atomic E-state index is 12.3. The average Bonchev–Trinajstić information content (AvgIpc) is 2.68. The molecule has 0 atom stereocenters.